The molecule has 0 unspecified atom stereocenters. The van der Waals surface area contributed by atoms with Crippen LogP contribution < -0.4 is 4.72 Å². The predicted octanol–water partition coefficient (Wildman–Crippen LogP) is 3.20. The van der Waals surface area contributed by atoms with E-state index in [1.165, 1.54) is 18.2 Å². The zero-order valence-corrected chi connectivity index (χ0v) is 14.6. The van der Waals surface area contributed by atoms with E-state index < -0.39 is 21.4 Å². The summed E-state index contributed by atoms with van der Waals surface area (Å²) in [6, 6.07) is 15.1. The monoisotopic (exact) mass is 351 g/mol. The van der Waals surface area contributed by atoms with E-state index in [0.717, 1.165) is 5.56 Å². The molecule has 2 aromatic rings. The van der Waals surface area contributed by atoms with E-state index in [-0.39, 0.29) is 12.3 Å². The Morgan fingerprint density at radius 1 is 1.12 bits per heavy atom. The lowest BCUT2D eigenvalue weighted by atomic mass is 9.91. The molecule has 2 aromatic carbocycles. The average molecular weight is 351 g/mol. The molecule has 0 fully saturated rings. The van der Waals surface area contributed by atoms with E-state index in [1.54, 1.807) is 13.2 Å². The van der Waals surface area contributed by atoms with Crippen LogP contribution in [0.15, 0.2) is 54.6 Å². The maximum Gasteiger partial charge on any atom is 0.215 e. The minimum atomic E-state index is -3.61. The summed E-state index contributed by atoms with van der Waals surface area (Å²) >= 11 is 0. The second-order valence-corrected chi connectivity index (χ2v) is 7.43. The normalized spacial score (nSPS) is 14.3. The van der Waals surface area contributed by atoms with Crippen molar-refractivity contribution in [3.8, 4) is 0 Å². The Hall–Kier alpha value is -1.76. The lowest BCUT2D eigenvalue weighted by Gasteiger charge is -2.32. The van der Waals surface area contributed by atoms with Crippen LogP contribution in [-0.4, -0.2) is 22.1 Å². The number of hydrogen-bond acceptors (Lipinski definition) is 3. The van der Waals surface area contributed by atoms with Gasteiger partial charge in [0.2, 0.25) is 10.0 Å². The van der Waals surface area contributed by atoms with Crippen LogP contribution >= 0.6 is 0 Å². The molecular formula is C18H22FNO3S. The number of halogens is 1. The molecule has 0 bridgehead atoms. The maximum absolute atomic E-state index is 13.2. The summed E-state index contributed by atoms with van der Waals surface area (Å²) in [6.07, 6.45) is 0.607. The largest absolute Gasteiger partial charge is 0.372 e. The van der Waals surface area contributed by atoms with Gasteiger partial charge in [-0.25, -0.2) is 17.5 Å². The summed E-state index contributed by atoms with van der Waals surface area (Å²) in [6.45, 7) is 2.05. The van der Waals surface area contributed by atoms with Gasteiger partial charge < -0.3 is 4.74 Å². The van der Waals surface area contributed by atoms with Gasteiger partial charge >= 0.3 is 0 Å². The minimum Gasteiger partial charge on any atom is -0.372 e. The van der Waals surface area contributed by atoms with Crippen molar-refractivity contribution < 1.29 is 17.5 Å². The topological polar surface area (TPSA) is 55.4 Å². The van der Waals surface area contributed by atoms with E-state index in [4.69, 9.17) is 4.74 Å². The van der Waals surface area contributed by atoms with Crippen LogP contribution in [0.25, 0.3) is 0 Å². The number of hydrogen-bond donors (Lipinski definition) is 1. The molecule has 0 heterocycles. The third kappa shape index (κ3) is 4.63. The molecule has 0 spiro atoms. The van der Waals surface area contributed by atoms with Gasteiger partial charge in [-0.3, -0.25) is 0 Å². The molecule has 0 aromatic heterocycles. The molecule has 0 radical (unpaired) electrons. The Morgan fingerprint density at radius 2 is 1.83 bits per heavy atom. The van der Waals surface area contributed by atoms with Crippen molar-refractivity contribution in [3.05, 3.63) is 71.5 Å². The molecule has 2 rings (SSSR count). The number of benzene rings is 2. The van der Waals surface area contributed by atoms with E-state index in [1.807, 2.05) is 37.3 Å². The SMILES string of the molecule is CC[C@](CNS(=O)(=O)Cc1cccc(F)c1)(OC)c1ccccc1. The van der Waals surface area contributed by atoms with Gasteiger partial charge in [-0.2, -0.15) is 0 Å². The Labute approximate surface area is 142 Å². The van der Waals surface area contributed by atoms with Crippen LogP contribution in [0.4, 0.5) is 4.39 Å². The standard InChI is InChI=1S/C18H22FNO3S/c1-3-18(23-2,16-9-5-4-6-10-16)14-20-24(21,22)13-15-8-7-11-17(19)12-15/h4-12,20H,3,13-14H2,1-2H3/t18-/m1/s1. The van der Waals surface area contributed by atoms with Crippen LogP contribution in [-0.2, 0) is 26.1 Å². The molecule has 130 valence electrons. The first kappa shape index (κ1) is 18.6. The zero-order chi connectivity index (χ0) is 17.6. The summed E-state index contributed by atoms with van der Waals surface area (Å²) in [5, 5.41) is 0. The fourth-order valence-corrected chi connectivity index (χ4v) is 3.80. The molecular weight excluding hydrogens is 329 g/mol. The Bertz CT molecular complexity index is 759. The van der Waals surface area contributed by atoms with Gasteiger partial charge in [0.25, 0.3) is 0 Å². The molecule has 0 aliphatic heterocycles. The summed E-state index contributed by atoms with van der Waals surface area (Å²) in [5.41, 5.74) is 0.571. The molecule has 1 N–H and O–H groups in total. The molecule has 6 heteroatoms. The van der Waals surface area contributed by atoms with E-state index in [0.29, 0.717) is 12.0 Å². The number of methoxy groups -OCH3 is 1. The second kappa shape index (κ2) is 7.88. The number of nitrogens with one attached hydrogen (secondary N) is 1. The van der Waals surface area contributed by atoms with Crippen LogP contribution in [0.5, 0.6) is 0 Å². The van der Waals surface area contributed by atoms with Crippen molar-refractivity contribution in [2.45, 2.75) is 24.7 Å². The maximum atomic E-state index is 13.2. The van der Waals surface area contributed by atoms with Gasteiger partial charge in [0, 0.05) is 13.7 Å². The first-order chi connectivity index (χ1) is 11.4. The fraction of sp³-hybridized carbons (Fsp3) is 0.333. The van der Waals surface area contributed by atoms with Crippen molar-refractivity contribution >= 4 is 10.0 Å². The van der Waals surface area contributed by atoms with Crippen molar-refractivity contribution in [1.82, 2.24) is 4.72 Å². The smallest absolute Gasteiger partial charge is 0.215 e. The van der Waals surface area contributed by atoms with Crippen molar-refractivity contribution in [1.29, 1.82) is 0 Å². The number of ether oxygens (including phenoxy) is 1. The van der Waals surface area contributed by atoms with Gasteiger partial charge in [-0.15, -0.1) is 0 Å². The first-order valence-corrected chi connectivity index (χ1v) is 9.38. The van der Waals surface area contributed by atoms with Crippen LogP contribution in [0.1, 0.15) is 24.5 Å². The summed E-state index contributed by atoms with van der Waals surface area (Å²) in [4.78, 5) is 0. The third-order valence-corrected chi connectivity index (χ3v) is 5.38. The Morgan fingerprint density at radius 3 is 2.42 bits per heavy atom. The second-order valence-electron chi connectivity index (χ2n) is 5.63. The summed E-state index contributed by atoms with van der Waals surface area (Å²) < 4.78 is 46.1. The van der Waals surface area contributed by atoms with Crippen LogP contribution in [0, 0.1) is 5.82 Å². The van der Waals surface area contributed by atoms with Gasteiger partial charge in [0.1, 0.15) is 11.4 Å². The summed E-state index contributed by atoms with van der Waals surface area (Å²) in [7, 11) is -2.04. The Kier molecular flexibility index (Phi) is 6.10. The van der Waals surface area contributed by atoms with Gasteiger partial charge in [0.05, 0.1) is 5.75 Å². The lowest BCUT2D eigenvalue weighted by molar-refractivity contribution is -0.0133. The van der Waals surface area contributed by atoms with E-state index in [2.05, 4.69) is 4.72 Å². The quantitative estimate of drug-likeness (QED) is 0.795. The average Bonchev–Trinajstić information content (AvgIpc) is 2.57. The summed E-state index contributed by atoms with van der Waals surface area (Å²) in [5.74, 6) is -0.727. The van der Waals surface area contributed by atoms with Crippen molar-refractivity contribution in [3.63, 3.8) is 0 Å². The fourth-order valence-electron chi connectivity index (χ4n) is 2.63. The van der Waals surface area contributed by atoms with Crippen molar-refractivity contribution in [2.75, 3.05) is 13.7 Å². The van der Waals surface area contributed by atoms with Gasteiger partial charge in [0.15, 0.2) is 0 Å². The molecule has 0 aliphatic rings. The molecule has 0 saturated heterocycles. The molecule has 1 atom stereocenters. The Balaban J connectivity index is 2.14. The molecule has 4 nitrogen and oxygen atoms in total. The van der Waals surface area contributed by atoms with Gasteiger partial charge in [-0.05, 0) is 29.7 Å². The van der Waals surface area contributed by atoms with E-state index >= 15 is 0 Å². The predicted molar refractivity (Wildman–Crippen MR) is 92.4 cm³/mol. The highest BCUT2D eigenvalue weighted by atomic mass is 32.2. The van der Waals surface area contributed by atoms with Gasteiger partial charge in [-0.1, -0.05) is 49.4 Å². The third-order valence-electron chi connectivity index (χ3n) is 4.09. The van der Waals surface area contributed by atoms with E-state index in [9.17, 15) is 12.8 Å². The molecule has 0 saturated carbocycles. The minimum absolute atomic E-state index is 0.113. The van der Waals surface area contributed by atoms with Crippen LogP contribution in [0.2, 0.25) is 0 Å². The number of rotatable bonds is 8. The highest BCUT2D eigenvalue weighted by molar-refractivity contribution is 7.88. The lowest BCUT2D eigenvalue weighted by Crippen LogP contribution is -2.42. The molecule has 0 aliphatic carbocycles. The number of sulfonamides is 1. The highest BCUT2D eigenvalue weighted by Crippen LogP contribution is 2.28. The zero-order valence-electron chi connectivity index (χ0n) is 13.8. The molecule has 24 heavy (non-hydrogen) atoms. The first-order valence-electron chi connectivity index (χ1n) is 7.73. The molecule has 0 amide bonds. The van der Waals surface area contributed by atoms with Crippen molar-refractivity contribution in [2.24, 2.45) is 0 Å². The highest BCUT2D eigenvalue weighted by Gasteiger charge is 2.31. The van der Waals surface area contributed by atoms with Crippen LogP contribution in [0.3, 0.4) is 0 Å².